The molecule has 2 N–H and O–H groups in total. The maximum atomic E-state index is 12.4. The summed E-state index contributed by atoms with van der Waals surface area (Å²) in [6.07, 6.45) is 4.29. The van der Waals surface area contributed by atoms with Crippen molar-refractivity contribution >= 4 is 13.7 Å². The fourth-order valence-electron chi connectivity index (χ4n) is 1.63. The summed E-state index contributed by atoms with van der Waals surface area (Å²) in [5.41, 5.74) is 7.01. The molecular formula is C14H22NO3P. The molecule has 0 bridgehead atoms. The molecule has 0 spiro atoms. The van der Waals surface area contributed by atoms with E-state index in [2.05, 4.69) is 0 Å². The van der Waals surface area contributed by atoms with Gasteiger partial charge < -0.3 is 14.8 Å². The summed E-state index contributed by atoms with van der Waals surface area (Å²) in [5, 5.41) is 0. The topological polar surface area (TPSA) is 61.5 Å². The predicted molar refractivity (Wildman–Crippen MR) is 78.9 cm³/mol. The Hall–Kier alpha value is -0.930. The fraction of sp³-hybridized carbons (Fsp3) is 0.429. The normalized spacial score (nSPS) is 13.8. The highest BCUT2D eigenvalue weighted by molar-refractivity contribution is 7.54. The van der Waals surface area contributed by atoms with Crippen LogP contribution >= 0.6 is 7.60 Å². The summed E-state index contributed by atoms with van der Waals surface area (Å²) in [6, 6.07) is 9.87. The smallest absolute Gasteiger partial charge is 0.317 e. The Morgan fingerprint density at radius 2 is 1.79 bits per heavy atom. The van der Waals surface area contributed by atoms with Crippen LogP contribution in [-0.4, -0.2) is 19.0 Å². The zero-order valence-electron chi connectivity index (χ0n) is 11.5. The van der Waals surface area contributed by atoms with Crippen LogP contribution in [0.5, 0.6) is 0 Å². The van der Waals surface area contributed by atoms with E-state index in [4.69, 9.17) is 14.8 Å². The van der Waals surface area contributed by atoms with Gasteiger partial charge in [-0.1, -0.05) is 42.5 Å². The van der Waals surface area contributed by atoms with E-state index in [1.807, 2.05) is 42.5 Å². The van der Waals surface area contributed by atoms with Crippen LogP contribution in [0.25, 0.3) is 6.08 Å². The van der Waals surface area contributed by atoms with Gasteiger partial charge in [0.05, 0.1) is 13.2 Å². The van der Waals surface area contributed by atoms with Crippen LogP contribution in [0, 0.1) is 0 Å². The number of hydrogen-bond donors (Lipinski definition) is 1. The van der Waals surface area contributed by atoms with Crippen LogP contribution in [-0.2, 0) is 13.6 Å². The van der Waals surface area contributed by atoms with E-state index in [9.17, 15) is 4.57 Å². The second-order valence-electron chi connectivity index (χ2n) is 3.99. The third kappa shape index (κ3) is 5.29. The zero-order chi connectivity index (χ0) is 14.1. The summed E-state index contributed by atoms with van der Waals surface area (Å²) in [5.74, 6) is -0.632. The molecule has 5 heteroatoms. The monoisotopic (exact) mass is 283 g/mol. The average molecular weight is 283 g/mol. The number of nitrogens with two attached hydrogens (primary N) is 1. The molecule has 0 aliphatic heterocycles. The molecule has 0 fully saturated rings. The summed E-state index contributed by atoms with van der Waals surface area (Å²) in [4.78, 5) is 0. The van der Waals surface area contributed by atoms with Crippen LogP contribution in [0.15, 0.2) is 36.4 Å². The lowest BCUT2D eigenvalue weighted by Gasteiger charge is -2.22. The molecule has 1 atom stereocenters. The second kappa shape index (κ2) is 8.28. The van der Waals surface area contributed by atoms with Gasteiger partial charge in [0.2, 0.25) is 0 Å². The Labute approximate surface area is 115 Å². The summed E-state index contributed by atoms with van der Waals surface area (Å²) >= 11 is 0. The standard InChI is InChI=1S/C14H22NO3P/c1-3-17-19(16,18-4-2)14(15)12-8-11-13-9-6-5-7-10-13/h5-11,14H,3-4,12,15H2,1-2H3/b11-8+. The lowest BCUT2D eigenvalue weighted by molar-refractivity contribution is 0.212. The van der Waals surface area contributed by atoms with Crippen LogP contribution < -0.4 is 5.73 Å². The summed E-state index contributed by atoms with van der Waals surface area (Å²) in [7, 11) is -3.21. The van der Waals surface area contributed by atoms with Crippen molar-refractivity contribution in [2.24, 2.45) is 5.73 Å². The van der Waals surface area contributed by atoms with E-state index in [0.29, 0.717) is 19.6 Å². The Morgan fingerprint density at radius 1 is 1.21 bits per heavy atom. The molecule has 1 aromatic rings. The summed E-state index contributed by atoms with van der Waals surface area (Å²) < 4.78 is 22.8. The van der Waals surface area contributed by atoms with Gasteiger partial charge in [-0.25, -0.2) is 0 Å². The molecule has 1 unspecified atom stereocenters. The quantitative estimate of drug-likeness (QED) is 0.740. The molecule has 106 valence electrons. The second-order valence-corrected chi connectivity index (χ2v) is 6.25. The van der Waals surface area contributed by atoms with E-state index < -0.39 is 13.4 Å². The van der Waals surface area contributed by atoms with Gasteiger partial charge in [0.25, 0.3) is 0 Å². The minimum atomic E-state index is -3.21. The molecule has 0 saturated carbocycles. The molecule has 0 amide bonds. The summed E-state index contributed by atoms with van der Waals surface area (Å²) in [6.45, 7) is 4.21. The van der Waals surface area contributed by atoms with Crippen molar-refractivity contribution < 1.29 is 13.6 Å². The first-order chi connectivity index (χ1) is 9.12. The number of benzene rings is 1. The van der Waals surface area contributed by atoms with Crippen molar-refractivity contribution in [3.05, 3.63) is 42.0 Å². The maximum Gasteiger partial charge on any atom is 0.347 e. The zero-order valence-corrected chi connectivity index (χ0v) is 12.4. The molecule has 4 nitrogen and oxygen atoms in total. The molecule has 0 heterocycles. The van der Waals surface area contributed by atoms with Crippen LogP contribution in [0.1, 0.15) is 25.8 Å². The molecule has 0 aromatic heterocycles. The van der Waals surface area contributed by atoms with Crippen molar-refractivity contribution in [2.45, 2.75) is 26.1 Å². The first-order valence-electron chi connectivity index (χ1n) is 6.48. The third-order valence-corrected chi connectivity index (χ3v) is 4.77. The van der Waals surface area contributed by atoms with Gasteiger partial charge in [-0.3, -0.25) is 4.57 Å². The Balaban J connectivity index is 2.60. The molecule has 1 aromatic carbocycles. The molecule has 1 rings (SSSR count). The van der Waals surface area contributed by atoms with Gasteiger partial charge in [0, 0.05) is 0 Å². The molecule has 0 saturated heterocycles. The average Bonchev–Trinajstić information content (AvgIpc) is 2.40. The van der Waals surface area contributed by atoms with E-state index >= 15 is 0 Å². The largest absolute Gasteiger partial charge is 0.347 e. The van der Waals surface area contributed by atoms with Crippen molar-refractivity contribution in [3.8, 4) is 0 Å². The van der Waals surface area contributed by atoms with Crippen molar-refractivity contribution in [1.82, 2.24) is 0 Å². The van der Waals surface area contributed by atoms with Crippen molar-refractivity contribution in [3.63, 3.8) is 0 Å². The first-order valence-corrected chi connectivity index (χ1v) is 8.09. The highest BCUT2D eigenvalue weighted by Gasteiger charge is 2.31. The Bertz CT molecular complexity index is 424. The SMILES string of the molecule is CCOP(=O)(OCC)C(N)C/C=C/c1ccccc1. The Morgan fingerprint density at radius 3 is 2.32 bits per heavy atom. The van der Waals surface area contributed by atoms with Gasteiger partial charge in [-0.15, -0.1) is 0 Å². The lowest BCUT2D eigenvalue weighted by Crippen LogP contribution is -2.22. The fourth-order valence-corrected chi connectivity index (χ4v) is 3.18. The van der Waals surface area contributed by atoms with E-state index in [1.54, 1.807) is 13.8 Å². The van der Waals surface area contributed by atoms with Gasteiger partial charge in [0.1, 0.15) is 5.78 Å². The van der Waals surface area contributed by atoms with Gasteiger partial charge in [-0.05, 0) is 25.8 Å². The first kappa shape index (κ1) is 16.1. The third-order valence-electron chi connectivity index (χ3n) is 2.51. The molecule has 0 aliphatic rings. The minimum Gasteiger partial charge on any atom is -0.317 e. The lowest BCUT2D eigenvalue weighted by atomic mass is 10.2. The van der Waals surface area contributed by atoms with Crippen molar-refractivity contribution in [2.75, 3.05) is 13.2 Å². The predicted octanol–water partition coefficient (Wildman–Crippen LogP) is 3.64. The Kier molecular flexibility index (Phi) is 7.03. The van der Waals surface area contributed by atoms with Gasteiger partial charge >= 0.3 is 7.60 Å². The maximum absolute atomic E-state index is 12.4. The van der Waals surface area contributed by atoms with Crippen LogP contribution in [0.4, 0.5) is 0 Å². The molecular weight excluding hydrogens is 261 g/mol. The van der Waals surface area contributed by atoms with E-state index in [-0.39, 0.29) is 0 Å². The number of rotatable bonds is 8. The van der Waals surface area contributed by atoms with E-state index in [0.717, 1.165) is 5.56 Å². The van der Waals surface area contributed by atoms with Gasteiger partial charge in [0.15, 0.2) is 0 Å². The van der Waals surface area contributed by atoms with Crippen LogP contribution in [0.2, 0.25) is 0 Å². The highest BCUT2D eigenvalue weighted by Crippen LogP contribution is 2.52. The molecule has 19 heavy (non-hydrogen) atoms. The minimum absolute atomic E-state index is 0.327. The highest BCUT2D eigenvalue weighted by atomic mass is 31.2. The van der Waals surface area contributed by atoms with Gasteiger partial charge in [-0.2, -0.15) is 0 Å². The van der Waals surface area contributed by atoms with E-state index in [1.165, 1.54) is 0 Å². The number of hydrogen-bond acceptors (Lipinski definition) is 4. The van der Waals surface area contributed by atoms with Crippen LogP contribution in [0.3, 0.4) is 0 Å². The molecule has 0 aliphatic carbocycles. The van der Waals surface area contributed by atoms with Crippen molar-refractivity contribution in [1.29, 1.82) is 0 Å². The molecule has 0 radical (unpaired) electrons.